The van der Waals surface area contributed by atoms with Crippen LogP contribution < -0.4 is 19.6 Å². The summed E-state index contributed by atoms with van der Waals surface area (Å²) in [4.78, 5) is 20.6. The van der Waals surface area contributed by atoms with E-state index in [0.717, 1.165) is 12.1 Å². The zero-order chi connectivity index (χ0) is 20.8. The molecular weight excluding hydrogens is 372 g/mol. The Bertz CT molecular complexity index is 918. The molecule has 0 saturated heterocycles. The van der Waals surface area contributed by atoms with Gasteiger partial charge in [-0.3, -0.25) is 25.7 Å². The first kappa shape index (κ1) is 20.4. The number of anilines is 1. The number of hydrazone groups is 1. The van der Waals surface area contributed by atoms with Crippen LogP contribution in [0.5, 0.6) is 17.2 Å². The fraction of sp³-hybridized carbons (Fsp3) is 0.235. The number of hydrogen-bond acceptors (Lipinski definition) is 9. The van der Waals surface area contributed by atoms with E-state index in [-0.39, 0.29) is 11.4 Å². The van der Waals surface area contributed by atoms with E-state index in [2.05, 4.69) is 10.5 Å². The number of methoxy groups -OCH3 is 3. The Morgan fingerprint density at radius 3 is 2.04 bits per heavy atom. The molecular formula is C17H18N4O7. The van der Waals surface area contributed by atoms with E-state index in [1.54, 1.807) is 19.1 Å². The predicted octanol–water partition coefficient (Wildman–Crippen LogP) is 3.36. The van der Waals surface area contributed by atoms with Crippen molar-refractivity contribution >= 4 is 22.8 Å². The molecule has 0 bridgehead atoms. The summed E-state index contributed by atoms with van der Waals surface area (Å²) in [7, 11) is 4.44. The molecule has 28 heavy (non-hydrogen) atoms. The van der Waals surface area contributed by atoms with Crippen molar-refractivity contribution in [3.8, 4) is 17.2 Å². The van der Waals surface area contributed by atoms with Crippen molar-refractivity contribution in [3.05, 3.63) is 56.1 Å². The summed E-state index contributed by atoms with van der Waals surface area (Å²) in [6.45, 7) is 1.67. The third-order valence-corrected chi connectivity index (χ3v) is 3.82. The van der Waals surface area contributed by atoms with Gasteiger partial charge < -0.3 is 14.2 Å². The van der Waals surface area contributed by atoms with Crippen LogP contribution in [0.15, 0.2) is 35.4 Å². The molecule has 0 aliphatic heterocycles. The van der Waals surface area contributed by atoms with Gasteiger partial charge in [0.2, 0.25) is 5.75 Å². The summed E-state index contributed by atoms with van der Waals surface area (Å²) in [5.41, 5.74) is 2.82. The van der Waals surface area contributed by atoms with Crippen molar-refractivity contribution in [2.24, 2.45) is 5.10 Å². The molecule has 0 fully saturated rings. The molecule has 0 saturated carbocycles. The van der Waals surface area contributed by atoms with Crippen molar-refractivity contribution in [1.82, 2.24) is 0 Å². The monoisotopic (exact) mass is 390 g/mol. The number of non-ortho nitro benzene ring substituents is 1. The van der Waals surface area contributed by atoms with Gasteiger partial charge in [0, 0.05) is 11.6 Å². The fourth-order valence-corrected chi connectivity index (χ4v) is 2.38. The van der Waals surface area contributed by atoms with Crippen LogP contribution in [-0.2, 0) is 0 Å². The molecule has 0 aliphatic rings. The maximum Gasteiger partial charge on any atom is 0.301 e. The zero-order valence-electron chi connectivity index (χ0n) is 15.6. The van der Waals surface area contributed by atoms with Crippen LogP contribution in [0, 0.1) is 20.2 Å². The zero-order valence-corrected chi connectivity index (χ0v) is 15.6. The van der Waals surface area contributed by atoms with Gasteiger partial charge in [-0.2, -0.15) is 5.10 Å². The first-order valence-corrected chi connectivity index (χ1v) is 7.85. The number of nitro groups is 2. The SMILES string of the molecule is COc1cc(/C(C)=N\Nc2ccc([N+](=O)[O-])cc2[N+](=O)[O-])cc(OC)c1OC. The van der Waals surface area contributed by atoms with E-state index in [1.807, 2.05) is 0 Å². The lowest BCUT2D eigenvalue weighted by atomic mass is 10.1. The third kappa shape index (κ3) is 4.26. The van der Waals surface area contributed by atoms with Crippen LogP contribution in [0.1, 0.15) is 12.5 Å². The van der Waals surface area contributed by atoms with Crippen molar-refractivity contribution in [2.75, 3.05) is 26.8 Å². The largest absolute Gasteiger partial charge is 0.493 e. The predicted molar refractivity (Wildman–Crippen MR) is 102 cm³/mol. The van der Waals surface area contributed by atoms with Crippen LogP contribution in [0.4, 0.5) is 17.1 Å². The Morgan fingerprint density at radius 1 is 0.964 bits per heavy atom. The average molecular weight is 390 g/mol. The van der Waals surface area contributed by atoms with Crippen LogP contribution in [0.25, 0.3) is 0 Å². The second-order valence-electron chi connectivity index (χ2n) is 5.44. The number of nitrogens with one attached hydrogen (secondary N) is 1. The molecule has 0 unspecified atom stereocenters. The van der Waals surface area contributed by atoms with Crippen LogP contribution in [0.3, 0.4) is 0 Å². The standard InChI is InChI=1S/C17H18N4O7/c1-10(11-7-15(26-2)17(28-4)16(8-11)27-3)18-19-13-6-5-12(20(22)23)9-14(13)21(24)25/h5-9,19H,1-4H3/b18-10-. The molecule has 0 atom stereocenters. The minimum absolute atomic E-state index is 0.0161. The molecule has 0 amide bonds. The minimum Gasteiger partial charge on any atom is -0.493 e. The summed E-state index contributed by atoms with van der Waals surface area (Å²) in [6, 6.07) is 6.59. The van der Waals surface area contributed by atoms with Gasteiger partial charge in [0.15, 0.2) is 11.5 Å². The molecule has 0 heterocycles. The third-order valence-electron chi connectivity index (χ3n) is 3.82. The van der Waals surface area contributed by atoms with E-state index < -0.39 is 15.5 Å². The van der Waals surface area contributed by atoms with Crippen LogP contribution in [-0.4, -0.2) is 36.9 Å². The lowest BCUT2D eigenvalue weighted by Gasteiger charge is -2.14. The van der Waals surface area contributed by atoms with Gasteiger partial charge in [-0.15, -0.1) is 0 Å². The first-order valence-electron chi connectivity index (χ1n) is 7.85. The van der Waals surface area contributed by atoms with Gasteiger partial charge in [0.05, 0.1) is 43.0 Å². The summed E-state index contributed by atoms with van der Waals surface area (Å²) >= 11 is 0. The molecule has 11 nitrogen and oxygen atoms in total. The number of hydrogen-bond donors (Lipinski definition) is 1. The number of ether oxygens (including phenoxy) is 3. The topological polar surface area (TPSA) is 138 Å². The fourth-order valence-electron chi connectivity index (χ4n) is 2.38. The molecule has 0 spiro atoms. The van der Waals surface area contributed by atoms with E-state index in [0.29, 0.717) is 28.5 Å². The summed E-state index contributed by atoms with van der Waals surface area (Å²) in [5, 5.41) is 26.1. The average Bonchev–Trinajstić information content (AvgIpc) is 2.70. The quantitative estimate of drug-likeness (QED) is 0.411. The summed E-state index contributed by atoms with van der Waals surface area (Å²) in [5.74, 6) is 1.26. The highest BCUT2D eigenvalue weighted by molar-refractivity contribution is 6.00. The second kappa shape index (κ2) is 8.66. The van der Waals surface area contributed by atoms with Gasteiger partial charge in [0.1, 0.15) is 5.69 Å². The molecule has 148 valence electrons. The van der Waals surface area contributed by atoms with Crippen molar-refractivity contribution < 1.29 is 24.1 Å². The van der Waals surface area contributed by atoms with Crippen molar-refractivity contribution in [3.63, 3.8) is 0 Å². The molecule has 0 aromatic heterocycles. The molecule has 0 radical (unpaired) electrons. The molecule has 2 rings (SSSR count). The maximum atomic E-state index is 11.2. The smallest absolute Gasteiger partial charge is 0.301 e. The highest BCUT2D eigenvalue weighted by Crippen LogP contribution is 2.38. The van der Waals surface area contributed by atoms with Gasteiger partial charge in [0.25, 0.3) is 5.69 Å². The van der Waals surface area contributed by atoms with Gasteiger partial charge in [-0.25, -0.2) is 0 Å². The Hall–Kier alpha value is -3.89. The minimum atomic E-state index is -0.723. The Morgan fingerprint density at radius 2 is 1.57 bits per heavy atom. The van der Waals surface area contributed by atoms with Crippen molar-refractivity contribution in [1.29, 1.82) is 0 Å². The number of benzene rings is 2. The highest BCUT2D eigenvalue weighted by Gasteiger charge is 2.19. The van der Waals surface area contributed by atoms with E-state index in [9.17, 15) is 20.2 Å². The van der Waals surface area contributed by atoms with Crippen LogP contribution in [0.2, 0.25) is 0 Å². The van der Waals surface area contributed by atoms with Gasteiger partial charge in [-0.05, 0) is 25.1 Å². The van der Waals surface area contributed by atoms with E-state index >= 15 is 0 Å². The molecule has 11 heteroatoms. The van der Waals surface area contributed by atoms with E-state index in [1.165, 1.54) is 27.4 Å². The summed E-state index contributed by atoms with van der Waals surface area (Å²) in [6.07, 6.45) is 0. The van der Waals surface area contributed by atoms with Gasteiger partial charge >= 0.3 is 5.69 Å². The molecule has 0 aliphatic carbocycles. The number of nitro benzene ring substituents is 2. The Balaban J connectivity index is 2.40. The van der Waals surface area contributed by atoms with Gasteiger partial charge in [-0.1, -0.05) is 0 Å². The van der Waals surface area contributed by atoms with Crippen LogP contribution >= 0.6 is 0 Å². The Labute approximate surface area is 159 Å². The highest BCUT2D eigenvalue weighted by atomic mass is 16.6. The molecule has 2 aromatic carbocycles. The lowest BCUT2D eigenvalue weighted by Crippen LogP contribution is -2.04. The summed E-state index contributed by atoms with van der Waals surface area (Å²) < 4.78 is 15.8. The second-order valence-corrected chi connectivity index (χ2v) is 5.44. The Kier molecular flexibility index (Phi) is 6.32. The normalized spacial score (nSPS) is 10.9. The lowest BCUT2D eigenvalue weighted by molar-refractivity contribution is -0.393. The number of rotatable bonds is 8. The van der Waals surface area contributed by atoms with E-state index in [4.69, 9.17) is 14.2 Å². The molecule has 1 N–H and O–H groups in total. The number of nitrogens with zero attached hydrogens (tertiary/aromatic N) is 3. The van der Waals surface area contributed by atoms with Crippen molar-refractivity contribution in [2.45, 2.75) is 6.92 Å². The molecule has 2 aromatic rings. The maximum absolute atomic E-state index is 11.2. The first-order chi connectivity index (χ1) is 13.3.